The Morgan fingerprint density at radius 3 is 2.83 bits per heavy atom. The van der Waals surface area contributed by atoms with Gasteiger partial charge in [0.25, 0.3) is 5.91 Å². The number of aromatic amines is 1. The summed E-state index contributed by atoms with van der Waals surface area (Å²) in [4.78, 5) is 35.4. The number of ether oxygens (including phenoxy) is 1. The van der Waals surface area contributed by atoms with Crippen molar-refractivity contribution in [3.63, 3.8) is 0 Å². The number of nitriles is 1. The molecular weight excluding hydrogens is 532 g/mol. The van der Waals surface area contributed by atoms with Gasteiger partial charge in [0.05, 0.1) is 59.7 Å². The van der Waals surface area contributed by atoms with Crippen LogP contribution in [0.15, 0.2) is 42.9 Å². The fourth-order valence-corrected chi connectivity index (χ4v) is 5.73. The number of rotatable bonds is 8. The van der Waals surface area contributed by atoms with Crippen molar-refractivity contribution in [1.82, 2.24) is 35.6 Å². The summed E-state index contributed by atoms with van der Waals surface area (Å²) in [5.74, 6) is 1.15. The number of thiophene rings is 1. The Kier molecular flexibility index (Phi) is 7.15. The van der Waals surface area contributed by atoms with E-state index in [1.807, 2.05) is 29.2 Å². The number of anilines is 2. The van der Waals surface area contributed by atoms with Gasteiger partial charge in [0.2, 0.25) is 5.95 Å². The normalized spacial score (nSPS) is 13.4. The predicted octanol–water partition coefficient (Wildman–Crippen LogP) is 2.90. The lowest BCUT2D eigenvalue weighted by Gasteiger charge is -2.28. The van der Waals surface area contributed by atoms with E-state index in [1.54, 1.807) is 23.0 Å². The molecule has 0 atom stereocenters. The molecule has 14 heteroatoms. The number of aromatic nitrogens is 6. The van der Waals surface area contributed by atoms with Crippen LogP contribution in [0, 0.1) is 11.3 Å². The van der Waals surface area contributed by atoms with E-state index in [2.05, 4.69) is 31.1 Å². The van der Waals surface area contributed by atoms with Gasteiger partial charge in [-0.15, -0.1) is 11.3 Å². The van der Waals surface area contributed by atoms with E-state index in [1.165, 1.54) is 12.4 Å². The quantitative estimate of drug-likeness (QED) is 0.190. The highest BCUT2D eigenvalue weighted by atomic mass is 32.1. The van der Waals surface area contributed by atoms with Gasteiger partial charge in [0.1, 0.15) is 0 Å². The van der Waals surface area contributed by atoms with E-state index in [0.29, 0.717) is 38.1 Å². The number of carbonyl (C=O) groups is 1. The first-order valence-electron chi connectivity index (χ1n) is 12.6. The maximum Gasteiger partial charge on any atom is 0.277 e. The van der Waals surface area contributed by atoms with Crippen molar-refractivity contribution >= 4 is 50.1 Å². The van der Waals surface area contributed by atoms with Crippen molar-refractivity contribution in [2.45, 2.75) is 13.0 Å². The first-order valence-corrected chi connectivity index (χ1v) is 13.4. The molecule has 0 spiro atoms. The first kappa shape index (κ1) is 25.6. The molecular formula is C26H24N10O3S. The molecule has 1 aromatic carbocycles. The highest BCUT2D eigenvalue weighted by molar-refractivity contribution is 7.19. The van der Waals surface area contributed by atoms with Crippen LogP contribution in [0.3, 0.4) is 0 Å². The summed E-state index contributed by atoms with van der Waals surface area (Å²) in [6.45, 7) is 3.53. The second kappa shape index (κ2) is 11.2. The second-order valence-corrected chi connectivity index (χ2v) is 10.2. The molecule has 0 unspecified atom stereocenters. The molecule has 13 nitrogen and oxygen atoms in total. The van der Waals surface area contributed by atoms with Crippen LogP contribution in [0.2, 0.25) is 0 Å². The molecule has 1 amide bonds. The first-order chi connectivity index (χ1) is 19.6. The highest BCUT2D eigenvalue weighted by Crippen LogP contribution is 2.36. The third-order valence-corrected chi connectivity index (χ3v) is 7.67. The van der Waals surface area contributed by atoms with Crippen molar-refractivity contribution < 1.29 is 14.7 Å². The Hall–Kier alpha value is -4.71. The van der Waals surface area contributed by atoms with Gasteiger partial charge < -0.3 is 14.5 Å². The van der Waals surface area contributed by atoms with Crippen LogP contribution < -0.4 is 15.3 Å². The minimum Gasteiger partial charge on any atom is -0.378 e. The second-order valence-electron chi connectivity index (χ2n) is 9.08. The topological polar surface area (TPSA) is 169 Å². The molecule has 3 N–H and O–H groups in total. The van der Waals surface area contributed by atoms with Crippen LogP contribution >= 0.6 is 11.3 Å². The van der Waals surface area contributed by atoms with E-state index < -0.39 is 5.91 Å². The number of benzene rings is 1. The highest BCUT2D eigenvalue weighted by Gasteiger charge is 2.22. The lowest BCUT2D eigenvalue weighted by atomic mass is 10.1. The Balaban J connectivity index is 1.40. The largest absolute Gasteiger partial charge is 0.378 e. The number of hydrogen-bond acceptors (Lipinski definition) is 12. The van der Waals surface area contributed by atoms with Gasteiger partial charge in [-0.05, 0) is 12.1 Å². The van der Waals surface area contributed by atoms with Crippen LogP contribution in [0.5, 0.6) is 0 Å². The van der Waals surface area contributed by atoms with Crippen molar-refractivity contribution in [2.75, 3.05) is 42.6 Å². The van der Waals surface area contributed by atoms with Gasteiger partial charge >= 0.3 is 0 Å². The number of hydroxylamine groups is 1. The molecule has 202 valence electrons. The summed E-state index contributed by atoms with van der Waals surface area (Å²) in [5.41, 5.74) is 4.33. The third kappa shape index (κ3) is 5.00. The van der Waals surface area contributed by atoms with E-state index in [4.69, 9.17) is 19.9 Å². The molecule has 1 fully saturated rings. The number of H-pyrrole nitrogens is 1. The molecule has 0 aliphatic carbocycles. The van der Waals surface area contributed by atoms with Crippen molar-refractivity contribution in [1.29, 1.82) is 5.26 Å². The molecule has 5 heterocycles. The minimum atomic E-state index is -0.698. The minimum absolute atomic E-state index is 0.124. The summed E-state index contributed by atoms with van der Waals surface area (Å²) >= 11 is 1.59. The number of hydrogen-bond donors (Lipinski definition) is 3. The zero-order valence-electron chi connectivity index (χ0n) is 21.2. The van der Waals surface area contributed by atoms with Crippen LogP contribution in [0.1, 0.15) is 21.7 Å². The fraction of sp³-hybridized carbons (Fsp3) is 0.269. The molecule has 40 heavy (non-hydrogen) atoms. The predicted molar refractivity (Wildman–Crippen MR) is 148 cm³/mol. The number of nitrogens with zero attached hydrogens (tertiary/aromatic N) is 8. The summed E-state index contributed by atoms with van der Waals surface area (Å²) in [6, 6.07) is 10.1. The van der Waals surface area contributed by atoms with E-state index in [9.17, 15) is 10.1 Å². The molecule has 1 aliphatic heterocycles. The molecule has 4 aromatic heterocycles. The molecule has 0 bridgehead atoms. The Bertz CT molecular complexity index is 1710. The number of morpholine rings is 1. The average Bonchev–Trinajstić information content (AvgIpc) is 3.65. The van der Waals surface area contributed by atoms with Gasteiger partial charge in [0, 0.05) is 47.9 Å². The van der Waals surface area contributed by atoms with Crippen LogP contribution in [-0.2, 0) is 11.3 Å². The number of fused-ring (bicyclic) bond motifs is 2. The zero-order chi connectivity index (χ0) is 27.5. The summed E-state index contributed by atoms with van der Waals surface area (Å²) in [7, 11) is 0. The number of carbonyl (C=O) groups excluding carboxylic acids is 1. The van der Waals surface area contributed by atoms with E-state index in [-0.39, 0.29) is 12.0 Å². The molecule has 6 rings (SSSR count). The molecule has 0 radical (unpaired) electrons. The van der Waals surface area contributed by atoms with Gasteiger partial charge in [-0.3, -0.25) is 15.1 Å². The molecule has 1 saturated heterocycles. The molecule has 0 saturated carbocycles. The Morgan fingerprint density at radius 1 is 1.23 bits per heavy atom. The lowest BCUT2D eigenvalue weighted by molar-refractivity contribution is 0.0705. The zero-order valence-corrected chi connectivity index (χ0v) is 22.1. The number of amides is 1. The smallest absolute Gasteiger partial charge is 0.277 e. The van der Waals surface area contributed by atoms with Gasteiger partial charge in [-0.1, -0.05) is 12.1 Å². The van der Waals surface area contributed by atoms with Crippen LogP contribution in [0.25, 0.3) is 32.5 Å². The maximum absolute atomic E-state index is 11.7. The Labute approximate surface area is 232 Å². The molecule has 1 aliphatic rings. The van der Waals surface area contributed by atoms with Crippen LogP contribution in [0.4, 0.5) is 11.8 Å². The Morgan fingerprint density at radius 2 is 2.05 bits per heavy atom. The van der Waals surface area contributed by atoms with Crippen LogP contribution in [-0.4, -0.2) is 74.1 Å². The standard InChI is InChI=1S/C26H24N10O3S/c27-5-2-6-36(26-28-12-16(13-29-26)25(37)34-38)15-17-11-21-22(40-17)24(35-7-9-39-10-8-35)32-23(31-21)18-3-1-4-20-19(18)14-30-33-20/h1,3-4,11-14,38H,2,6-10,15H2,(H,30,33)(H,34,37). The summed E-state index contributed by atoms with van der Waals surface area (Å²) in [5, 5.41) is 26.3. The molecule has 5 aromatic rings. The SMILES string of the molecule is N#CCCN(Cc1cc2nc(-c3cccc4[nH]ncc34)nc(N3CCOCC3)c2s1)c1ncc(C(=O)NO)cn1. The fourth-order valence-electron chi connectivity index (χ4n) is 4.60. The van der Waals surface area contributed by atoms with Gasteiger partial charge in [-0.2, -0.15) is 10.4 Å². The summed E-state index contributed by atoms with van der Waals surface area (Å²) in [6.07, 6.45) is 4.73. The lowest BCUT2D eigenvalue weighted by Crippen LogP contribution is -2.36. The average molecular weight is 557 g/mol. The number of nitrogens with one attached hydrogen (secondary N) is 2. The van der Waals surface area contributed by atoms with Gasteiger partial charge in [-0.25, -0.2) is 25.4 Å². The van der Waals surface area contributed by atoms with Crippen molar-refractivity contribution in [2.24, 2.45) is 0 Å². The van der Waals surface area contributed by atoms with E-state index >= 15 is 0 Å². The monoisotopic (exact) mass is 556 g/mol. The third-order valence-electron chi connectivity index (χ3n) is 6.57. The maximum atomic E-state index is 11.7. The van der Waals surface area contributed by atoms with Gasteiger partial charge in [0.15, 0.2) is 11.6 Å². The summed E-state index contributed by atoms with van der Waals surface area (Å²) < 4.78 is 6.56. The van der Waals surface area contributed by atoms with E-state index in [0.717, 1.165) is 50.5 Å². The van der Waals surface area contributed by atoms with Crippen molar-refractivity contribution in [3.8, 4) is 17.5 Å². The van der Waals surface area contributed by atoms with Crippen molar-refractivity contribution in [3.05, 3.63) is 53.3 Å².